The summed E-state index contributed by atoms with van der Waals surface area (Å²) in [6.07, 6.45) is 4.08. The monoisotopic (exact) mass is 298 g/mol. The van der Waals surface area contributed by atoms with Crippen molar-refractivity contribution in [3.05, 3.63) is 34.4 Å². The Morgan fingerprint density at radius 2 is 2.00 bits per heavy atom. The van der Waals surface area contributed by atoms with Crippen molar-refractivity contribution < 1.29 is 13.3 Å². The largest absolute Gasteiger partial charge is 0.377 e. The quantitative estimate of drug-likeness (QED) is 0.681. The molecule has 0 saturated heterocycles. The van der Waals surface area contributed by atoms with Crippen LogP contribution in [-0.2, 0) is 9.84 Å². The lowest BCUT2D eigenvalue weighted by molar-refractivity contribution is -0.384. The van der Waals surface area contributed by atoms with E-state index < -0.39 is 14.8 Å². The molecule has 0 bridgehead atoms. The molecule has 0 spiro atoms. The van der Waals surface area contributed by atoms with E-state index in [0.29, 0.717) is 18.5 Å². The molecule has 110 valence electrons. The van der Waals surface area contributed by atoms with Crippen LogP contribution in [0.5, 0.6) is 0 Å². The summed E-state index contributed by atoms with van der Waals surface area (Å²) >= 11 is 0. The second kappa shape index (κ2) is 5.78. The molecule has 2 rings (SSSR count). The molecule has 1 saturated carbocycles. The summed E-state index contributed by atoms with van der Waals surface area (Å²) in [5.74, 6) is 0. The lowest BCUT2D eigenvalue weighted by atomic mass is 9.94. The number of anilines is 1. The van der Waals surface area contributed by atoms with E-state index in [1.54, 1.807) is 18.2 Å². The van der Waals surface area contributed by atoms with Crippen molar-refractivity contribution in [2.75, 3.05) is 11.6 Å². The normalized spacial score (nSPS) is 23.2. The molecule has 20 heavy (non-hydrogen) atoms. The third-order valence-electron chi connectivity index (χ3n) is 3.69. The highest BCUT2D eigenvalue weighted by atomic mass is 32.2. The lowest BCUT2D eigenvalue weighted by Crippen LogP contribution is -2.34. The molecule has 1 aromatic rings. The molecule has 0 radical (unpaired) electrons. The van der Waals surface area contributed by atoms with Gasteiger partial charge in [-0.1, -0.05) is 18.6 Å². The van der Waals surface area contributed by atoms with Crippen molar-refractivity contribution in [3.63, 3.8) is 0 Å². The molecule has 1 aromatic carbocycles. The topological polar surface area (TPSA) is 89.3 Å². The van der Waals surface area contributed by atoms with Gasteiger partial charge in [-0.2, -0.15) is 0 Å². The number of hydrogen-bond donors (Lipinski definition) is 1. The summed E-state index contributed by atoms with van der Waals surface area (Å²) in [5, 5.41) is 13.7. The first kappa shape index (κ1) is 14.8. The van der Waals surface area contributed by atoms with Crippen LogP contribution in [0.25, 0.3) is 0 Å². The summed E-state index contributed by atoms with van der Waals surface area (Å²) in [7, 11) is -3.05. The molecule has 1 aliphatic carbocycles. The summed E-state index contributed by atoms with van der Waals surface area (Å²) in [5.41, 5.74) is 0.477. The average molecular weight is 298 g/mol. The highest BCUT2D eigenvalue weighted by Crippen LogP contribution is 2.30. The SMILES string of the molecule is CS(=O)(=O)[C@H]1CCC[C@@H](Nc2ccccc2[N+](=O)[O-])C1. The smallest absolute Gasteiger partial charge is 0.292 e. The van der Waals surface area contributed by atoms with Gasteiger partial charge in [-0.25, -0.2) is 8.42 Å². The minimum Gasteiger partial charge on any atom is -0.377 e. The van der Waals surface area contributed by atoms with Gasteiger partial charge in [0.1, 0.15) is 15.5 Å². The predicted molar refractivity (Wildman–Crippen MR) is 77.6 cm³/mol. The second-order valence-corrected chi connectivity index (χ2v) is 7.56. The fourth-order valence-electron chi connectivity index (χ4n) is 2.64. The van der Waals surface area contributed by atoms with E-state index in [1.165, 1.54) is 12.3 Å². The van der Waals surface area contributed by atoms with Gasteiger partial charge in [-0.3, -0.25) is 10.1 Å². The molecule has 0 unspecified atom stereocenters. The van der Waals surface area contributed by atoms with Crippen LogP contribution in [0.4, 0.5) is 11.4 Å². The fraction of sp³-hybridized carbons (Fsp3) is 0.538. The number of nitrogens with zero attached hydrogens (tertiary/aromatic N) is 1. The maximum atomic E-state index is 11.6. The van der Waals surface area contributed by atoms with Crippen LogP contribution >= 0.6 is 0 Å². The van der Waals surface area contributed by atoms with Crippen molar-refractivity contribution in [1.29, 1.82) is 0 Å². The fourth-order valence-corrected chi connectivity index (χ4v) is 3.82. The summed E-state index contributed by atoms with van der Waals surface area (Å²) in [4.78, 5) is 10.5. The summed E-state index contributed by atoms with van der Waals surface area (Å²) in [6.45, 7) is 0. The molecule has 0 aliphatic heterocycles. The van der Waals surface area contributed by atoms with E-state index in [-0.39, 0.29) is 17.0 Å². The van der Waals surface area contributed by atoms with E-state index in [0.717, 1.165) is 12.8 Å². The Morgan fingerprint density at radius 3 is 2.65 bits per heavy atom. The highest BCUT2D eigenvalue weighted by molar-refractivity contribution is 7.91. The Bertz CT molecular complexity index is 600. The standard InChI is InChI=1S/C13H18N2O4S/c1-20(18,19)11-6-4-5-10(9-11)14-12-7-2-3-8-13(12)15(16)17/h2-3,7-8,10-11,14H,4-6,9H2,1H3/t10-,11+/m1/s1. The van der Waals surface area contributed by atoms with E-state index in [1.807, 2.05) is 0 Å². The Morgan fingerprint density at radius 1 is 1.30 bits per heavy atom. The minimum atomic E-state index is -3.05. The molecule has 2 atom stereocenters. The molecule has 0 aromatic heterocycles. The zero-order chi connectivity index (χ0) is 14.8. The number of rotatable bonds is 4. The molecule has 6 nitrogen and oxygen atoms in total. The number of nitro benzene ring substituents is 1. The molecular weight excluding hydrogens is 280 g/mol. The van der Waals surface area contributed by atoms with Gasteiger partial charge >= 0.3 is 0 Å². The van der Waals surface area contributed by atoms with Gasteiger partial charge in [0.2, 0.25) is 0 Å². The molecule has 1 fully saturated rings. The first-order valence-corrected chi connectivity index (χ1v) is 8.52. The maximum Gasteiger partial charge on any atom is 0.292 e. The summed E-state index contributed by atoms with van der Waals surface area (Å²) < 4.78 is 23.2. The molecule has 0 amide bonds. The number of nitro groups is 1. The molecular formula is C13H18N2O4S. The molecule has 1 N–H and O–H groups in total. The van der Waals surface area contributed by atoms with Crippen LogP contribution < -0.4 is 5.32 Å². The van der Waals surface area contributed by atoms with Gasteiger partial charge in [0.25, 0.3) is 5.69 Å². The van der Waals surface area contributed by atoms with Crippen LogP contribution in [0, 0.1) is 10.1 Å². The van der Waals surface area contributed by atoms with Crippen molar-refractivity contribution in [2.24, 2.45) is 0 Å². The number of para-hydroxylation sites is 2. The number of hydrogen-bond acceptors (Lipinski definition) is 5. The third kappa shape index (κ3) is 3.47. The van der Waals surface area contributed by atoms with Gasteiger partial charge < -0.3 is 5.32 Å². The van der Waals surface area contributed by atoms with E-state index in [9.17, 15) is 18.5 Å². The lowest BCUT2D eigenvalue weighted by Gasteiger charge is -2.29. The van der Waals surface area contributed by atoms with Crippen molar-refractivity contribution >= 4 is 21.2 Å². The molecule has 7 heteroatoms. The van der Waals surface area contributed by atoms with Crippen LogP contribution in [0.3, 0.4) is 0 Å². The predicted octanol–water partition coefficient (Wildman–Crippen LogP) is 2.36. The maximum absolute atomic E-state index is 11.6. The number of benzene rings is 1. The van der Waals surface area contributed by atoms with Crippen LogP contribution in [0.2, 0.25) is 0 Å². The van der Waals surface area contributed by atoms with Crippen LogP contribution in [0.15, 0.2) is 24.3 Å². The van der Waals surface area contributed by atoms with Crippen LogP contribution in [0.1, 0.15) is 25.7 Å². The van der Waals surface area contributed by atoms with Gasteiger partial charge in [0.15, 0.2) is 0 Å². The van der Waals surface area contributed by atoms with Gasteiger partial charge in [-0.15, -0.1) is 0 Å². The third-order valence-corrected chi connectivity index (χ3v) is 5.33. The minimum absolute atomic E-state index is 0.0222. The first-order chi connectivity index (χ1) is 9.38. The Balaban J connectivity index is 2.12. The zero-order valence-corrected chi connectivity index (χ0v) is 12.1. The van der Waals surface area contributed by atoms with Crippen molar-refractivity contribution in [2.45, 2.75) is 37.0 Å². The Kier molecular flexibility index (Phi) is 4.27. The first-order valence-electron chi connectivity index (χ1n) is 6.57. The van der Waals surface area contributed by atoms with Gasteiger partial charge in [0.05, 0.1) is 10.2 Å². The molecule has 0 heterocycles. The second-order valence-electron chi connectivity index (χ2n) is 5.23. The van der Waals surface area contributed by atoms with Gasteiger partial charge in [0, 0.05) is 18.4 Å². The van der Waals surface area contributed by atoms with Crippen molar-refractivity contribution in [1.82, 2.24) is 0 Å². The molecule has 1 aliphatic rings. The highest BCUT2D eigenvalue weighted by Gasteiger charge is 2.29. The average Bonchev–Trinajstić information content (AvgIpc) is 2.38. The van der Waals surface area contributed by atoms with E-state index in [2.05, 4.69) is 5.32 Å². The summed E-state index contributed by atoms with van der Waals surface area (Å²) in [6, 6.07) is 6.40. The zero-order valence-electron chi connectivity index (χ0n) is 11.3. The number of sulfone groups is 1. The van der Waals surface area contributed by atoms with Crippen molar-refractivity contribution in [3.8, 4) is 0 Å². The van der Waals surface area contributed by atoms with E-state index >= 15 is 0 Å². The van der Waals surface area contributed by atoms with Gasteiger partial charge in [-0.05, 0) is 25.3 Å². The van der Waals surface area contributed by atoms with E-state index in [4.69, 9.17) is 0 Å². The van der Waals surface area contributed by atoms with Crippen LogP contribution in [-0.4, -0.2) is 30.9 Å². The Labute approximate surface area is 118 Å². The Hall–Kier alpha value is -1.63. The number of nitrogens with one attached hydrogen (secondary N) is 1.